The molecule has 0 saturated carbocycles. The summed E-state index contributed by atoms with van der Waals surface area (Å²) in [6.45, 7) is 3.70. The van der Waals surface area contributed by atoms with Gasteiger partial charge in [0.25, 0.3) is 10.0 Å². The fourth-order valence-corrected chi connectivity index (χ4v) is 3.52. The molecular weight excluding hydrogens is 282 g/mol. The highest BCUT2D eigenvalue weighted by Gasteiger charge is 2.17. The molecule has 0 unspecified atom stereocenters. The van der Waals surface area contributed by atoms with Crippen molar-refractivity contribution in [2.75, 3.05) is 4.72 Å². The van der Waals surface area contributed by atoms with Crippen LogP contribution in [-0.2, 0) is 10.0 Å². The lowest BCUT2D eigenvalue weighted by Gasteiger charge is -2.04. The molecule has 98 valence electrons. The number of nitrogens with zero attached hydrogens (tertiary/aromatic N) is 2. The first kappa shape index (κ1) is 13.5. The minimum Gasteiger partial charge on any atom is -0.255 e. The van der Waals surface area contributed by atoms with Crippen LogP contribution in [0.3, 0.4) is 0 Å². The number of aromatic nitrogens is 1. The van der Waals surface area contributed by atoms with E-state index < -0.39 is 10.0 Å². The summed E-state index contributed by atoms with van der Waals surface area (Å²) in [6, 6.07) is 7.77. The molecule has 1 N–H and O–H groups in total. The van der Waals surface area contributed by atoms with Gasteiger partial charge in [-0.3, -0.25) is 4.72 Å². The molecule has 2 rings (SSSR count). The fraction of sp³-hybridized carbons (Fsp3) is 0.167. The number of nitriles is 1. The summed E-state index contributed by atoms with van der Waals surface area (Å²) in [7, 11) is -3.70. The summed E-state index contributed by atoms with van der Waals surface area (Å²) in [6.07, 6.45) is 0. The first-order valence-electron chi connectivity index (χ1n) is 5.39. The van der Waals surface area contributed by atoms with Crippen molar-refractivity contribution in [1.29, 1.82) is 5.26 Å². The third-order valence-corrected chi connectivity index (χ3v) is 4.98. The van der Waals surface area contributed by atoms with Crippen molar-refractivity contribution in [2.24, 2.45) is 0 Å². The lowest BCUT2D eigenvalue weighted by molar-refractivity contribution is 0.601. The number of sulfonamides is 1. The Kier molecular flexibility index (Phi) is 3.55. The van der Waals surface area contributed by atoms with E-state index >= 15 is 0 Å². The predicted molar refractivity (Wildman–Crippen MR) is 73.6 cm³/mol. The van der Waals surface area contributed by atoms with Gasteiger partial charge in [0, 0.05) is 4.88 Å². The number of anilines is 1. The van der Waals surface area contributed by atoms with Crippen LogP contribution in [0.4, 0.5) is 5.13 Å². The van der Waals surface area contributed by atoms with Crippen LogP contribution in [0.2, 0.25) is 0 Å². The quantitative estimate of drug-likeness (QED) is 0.942. The monoisotopic (exact) mass is 293 g/mol. The van der Waals surface area contributed by atoms with Crippen LogP contribution in [0.25, 0.3) is 0 Å². The lowest BCUT2D eigenvalue weighted by atomic mass is 10.2. The van der Waals surface area contributed by atoms with E-state index in [1.807, 2.05) is 19.9 Å². The number of thiazole rings is 1. The third-order valence-electron chi connectivity index (χ3n) is 2.52. The first-order chi connectivity index (χ1) is 8.92. The average Bonchev–Trinajstić information content (AvgIpc) is 2.67. The van der Waals surface area contributed by atoms with E-state index in [2.05, 4.69) is 9.71 Å². The average molecular weight is 293 g/mol. The predicted octanol–water partition coefficient (Wildman–Crippen LogP) is 2.43. The first-order valence-corrected chi connectivity index (χ1v) is 7.69. The highest BCUT2D eigenvalue weighted by molar-refractivity contribution is 7.93. The normalized spacial score (nSPS) is 11.0. The van der Waals surface area contributed by atoms with Crippen LogP contribution in [0.5, 0.6) is 0 Å². The van der Waals surface area contributed by atoms with Gasteiger partial charge in [0.05, 0.1) is 22.2 Å². The molecular formula is C12H11N3O2S2. The molecule has 1 heterocycles. The molecule has 0 aliphatic carbocycles. The third kappa shape index (κ3) is 2.92. The summed E-state index contributed by atoms with van der Waals surface area (Å²) in [4.78, 5) is 5.14. The van der Waals surface area contributed by atoms with Gasteiger partial charge in [-0.1, -0.05) is 6.07 Å². The summed E-state index contributed by atoms with van der Waals surface area (Å²) in [5, 5.41) is 9.11. The van der Waals surface area contributed by atoms with Gasteiger partial charge < -0.3 is 0 Å². The van der Waals surface area contributed by atoms with Gasteiger partial charge in [-0.25, -0.2) is 13.4 Å². The van der Waals surface area contributed by atoms with Gasteiger partial charge >= 0.3 is 0 Å². The van der Waals surface area contributed by atoms with Crippen LogP contribution >= 0.6 is 11.3 Å². The van der Waals surface area contributed by atoms with E-state index in [0.29, 0.717) is 10.7 Å². The van der Waals surface area contributed by atoms with Crippen molar-refractivity contribution >= 4 is 26.5 Å². The number of nitrogens with one attached hydrogen (secondary N) is 1. The topological polar surface area (TPSA) is 82.8 Å². The van der Waals surface area contributed by atoms with Crippen molar-refractivity contribution < 1.29 is 8.42 Å². The van der Waals surface area contributed by atoms with Crippen molar-refractivity contribution in [3.63, 3.8) is 0 Å². The molecule has 2 aromatic rings. The zero-order valence-corrected chi connectivity index (χ0v) is 12.0. The fourth-order valence-electron chi connectivity index (χ4n) is 1.42. The second kappa shape index (κ2) is 4.99. The molecule has 0 radical (unpaired) electrons. The Morgan fingerprint density at radius 1 is 1.37 bits per heavy atom. The Bertz CT molecular complexity index is 738. The van der Waals surface area contributed by atoms with Gasteiger partial charge in [-0.15, -0.1) is 11.3 Å². The molecule has 0 spiro atoms. The minimum absolute atomic E-state index is 0.0528. The van der Waals surface area contributed by atoms with E-state index in [4.69, 9.17) is 5.26 Å². The maximum absolute atomic E-state index is 12.1. The Balaban J connectivity index is 2.35. The maximum atomic E-state index is 12.1. The van der Waals surface area contributed by atoms with Gasteiger partial charge in [0.2, 0.25) is 0 Å². The van der Waals surface area contributed by atoms with Crippen LogP contribution in [0.1, 0.15) is 16.1 Å². The molecule has 1 aromatic heterocycles. The number of benzene rings is 1. The molecule has 0 aliphatic rings. The SMILES string of the molecule is Cc1nc(NS(=O)(=O)c2cccc(C#N)c2)sc1C. The maximum Gasteiger partial charge on any atom is 0.263 e. The van der Waals surface area contributed by atoms with E-state index in [9.17, 15) is 8.42 Å². The van der Waals surface area contributed by atoms with Gasteiger partial charge in [-0.2, -0.15) is 5.26 Å². The largest absolute Gasteiger partial charge is 0.263 e. The van der Waals surface area contributed by atoms with E-state index in [1.54, 1.807) is 6.07 Å². The Hall–Kier alpha value is -1.91. The molecule has 0 amide bonds. The number of rotatable bonds is 3. The number of hydrogen-bond donors (Lipinski definition) is 1. The Morgan fingerprint density at radius 3 is 2.68 bits per heavy atom. The highest BCUT2D eigenvalue weighted by Crippen LogP contribution is 2.24. The van der Waals surface area contributed by atoms with Gasteiger partial charge in [0.1, 0.15) is 0 Å². The van der Waals surface area contributed by atoms with Crippen LogP contribution in [0, 0.1) is 25.2 Å². The minimum atomic E-state index is -3.70. The van der Waals surface area contributed by atoms with Crippen molar-refractivity contribution in [2.45, 2.75) is 18.7 Å². The molecule has 0 atom stereocenters. The van der Waals surface area contributed by atoms with Gasteiger partial charge in [-0.05, 0) is 32.0 Å². The number of hydrogen-bond acceptors (Lipinski definition) is 5. The Morgan fingerprint density at radius 2 is 2.11 bits per heavy atom. The standard InChI is InChI=1S/C12H11N3O2S2/c1-8-9(2)18-12(14-8)15-19(16,17)11-5-3-4-10(6-11)7-13/h3-6H,1-2H3,(H,14,15). The number of aryl methyl sites for hydroxylation is 2. The highest BCUT2D eigenvalue weighted by atomic mass is 32.2. The molecule has 0 aliphatic heterocycles. The molecule has 19 heavy (non-hydrogen) atoms. The molecule has 7 heteroatoms. The molecule has 0 fully saturated rings. The summed E-state index contributed by atoms with van der Waals surface area (Å²) in [5.41, 5.74) is 1.10. The van der Waals surface area contributed by atoms with Gasteiger partial charge in [0.15, 0.2) is 5.13 Å². The second-order valence-corrected chi connectivity index (χ2v) is 6.79. The van der Waals surface area contributed by atoms with Crippen molar-refractivity contribution in [1.82, 2.24) is 4.98 Å². The van der Waals surface area contributed by atoms with Crippen LogP contribution in [0.15, 0.2) is 29.2 Å². The zero-order chi connectivity index (χ0) is 14.0. The van der Waals surface area contributed by atoms with Crippen LogP contribution in [-0.4, -0.2) is 13.4 Å². The van der Waals surface area contributed by atoms with E-state index in [0.717, 1.165) is 10.6 Å². The van der Waals surface area contributed by atoms with E-state index in [1.165, 1.54) is 29.5 Å². The van der Waals surface area contributed by atoms with Crippen LogP contribution < -0.4 is 4.72 Å². The Labute approximate surface area is 115 Å². The van der Waals surface area contributed by atoms with Crippen molar-refractivity contribution in [3.8, 4) is 6.07 Å². The lowest BCUT2D eigenvalue weighted by Crippen LogP contribution is -2.12. The smallest absolute Gasteiger partial charge is 0.255 e. The zero-order valence-electron chi connectivity index (χ0n) is 10.3. The summed E-state index contributed by atoms with van der Waals surface area (Å²) in [5.74, 6) is 0. The molecule has 0 saturated heterocycles. The molecule has 1 aromatic carbocycles. The summed E-state index contributed by atoms with van der Waals surface area (Å²) < 4.78 is 26.7. The second-order valence-electron chi connectivity index (χ2n) is 3.91. The van der Waals surface area contributed by atoms with Crippen molar-refractivity contribution in [3.05, 3.63) is 40.4 Å². The summed E-state index contributed by atoms with van der Waals surface area (Å²) >= 11 is 1.28. The molecule has 5 nitrogen and oxygen atoms in total. The van der Waals surface area contributed by atoms with E-state index in [-0.39, 0.29) is 4.90 Å². The molecule has 0 bridgehead atoms.